The molecule has 0 amide bonds. The Morgan fingerprint density at radius 3 is 2.54 bits per heavy atom. The highest BCUT2D eigenvalue weighted by Crippen LogP contribution is 2.29. The fourth-order valence-electron chi connectivity index (χ4n) is 3.06. The number of unbranched alkanes of at least 4 members (excludes halogenated alkanes) is 2. The number of aromatic nitrogens is 3. The van der Waals surface area contributed by atoms with Gasteiger partial charge in [0.15, 0.2) is 5.65 Å². The minimum absolute atomic E-state index is 0.329. The van der Waals surface area contributed by atoms with Crippen LogP contribution in [0.5, 0.6) is 0 Å². The summed E-state index contributed by atoms with van der Waals surface area (Å²) in [5.41, 5.74) is 9.34. The smallest absolute Gasteiger partial charge is 0.344 e. The van der Waals surface area contributed by atoms with Gasteiger partial charge in [-0.3, -0.25) is 0 Å². The molecule has 0 spiro atoms. The van der Waals surface area contributed by atoms with Crippen LogP contribution in [0.25, 0.3) is 22.2 Å². The zero-order chi connectivity index (χ0) is 18.7. The molecule has 6 heteroatoms. The fraction of sp³-hybridized carbons (Fsp3) is 0.450. The van der Waals surface area contributed by atoms with Gasteiger partial charge in [-0.05, 0) is 24.5 Å². The molecule has 1 aromatic carbocycles. The normalized spacial score (nSPS) is 11.5. The minimum Gasteiger partial charge on any atom is -0.462 e. The standard InChI is InChI=1S/C20H26N4O2/c1-4-5-8-11-26-20(25)16-17-19(24(18(16)21)12-13(2)3)23-15-10-7-6-9-14(15)22-17/h6-7,9-10,13H,4-5,8,11-12,21H2,1-3H3. The fourth-order valence-corrected chi connectivity index (χ4v) is 3.06. The highest BCUT2D eigenvalue weighted by atomic mass is 16.5. The average molecular weight is 354 g/mol. The van der Waals surface area contributed by atoms with Crippen molar-refractivity contribution in [3.8, 4) is 0 Å². The summed E-state index contributed by atoms with van der Waals surface area (Å²) in [6.07, 6.45) is 2.95. The molecule has 2 heterocycles. The van der Waals surface area contributed by atoms with Crippen molar-refractivity contribution in [1.29, 1.82) is 0 Å². The van der Waals surface area contributed by atoms with Crippen molar-refractivity contribution in [3.05, 3.63) is 29.8 Å². The van der Waals surface area contributed by atoms with Crippen LogP contribution in [0.3, 0.4) is 0 Å². The van der Waals surface area contributed by atoms with Crippen molar-refractivity contribution in [2.75, 3.05) is 12.3 Å². The Morgan fingerprint density at radius 2 is 1.88 bits per heavy atom. The van der Waals surface area contributed by atoms with Gasteiger partial charge in [-0.2, -0.15) is 0 Å². The second kappa shape index (κ2) is 7.72. The van der Waals surface area contributed by atoms with E-state index in [1.807, 2.05) is 28.8 Å². The quantitative estimate of drug-likeness (QED) is 0.508. The van der Waals surface area contributed by atoms with Gasteiger partial charge in [-0.15, -0.1) is 0 Å². The van der Waals surface area contributed by atoms with E-state index in [-0.39, 0.29) is 0 Å². The van der Waals surface area contributed by atoms with Crippen LogP contribution in [-0.2, 0) is 11.3 Å². The van der Waals surface area contributed by atoms with Gasteiger partial charge in [0.05, 0.1) is 17.6 Å². The maximum absolute atomic E-state index is 12.7. The SMILES string of the molecule is CCCCCOC(=O)c1c(N)n(CC(C)C)c2nc3ccccc3nc12. The summed E-state index contributed by atoms with van der Waals surface area (Å²) < 4.78 is 7.33. The van der Waals surface area contributed by atoms with Gasteiger partial charge >= 0.3 is 5.97 Å². The Balaban J connectivity index is 2.09. The molecule has 6 nitrogen and oxygen atoms in total. The third kappa shape index (κ3) is 3.49. The number of fused-ring (bicyclic) bond motifs is 2. The molecule has 0 aliphatic rings. The van der Waals surface area contributed by atoms with Gasteiger partial charge in [0.25, 0.3) is 0 Å². The summed E-state index contributed by atoms with van der Waals surface area (Å²) in [4.78, 5) is 22.1. The summed E-state index contributed by atoms with van der Waals surface area (Å²) in [5.74, 6) is 0.315. The first-order valence-corrected chi connectivity index (χ1v) is 9.24. The Kier molecular flexibility index (Phi) is 5.40. The zero-order valence-corrected chi connectivity index (χ0v) is 15.7. The van der Waals surface area contributed by atoms with Gasteiger partial charge in [-0.25, -0.2) is 14.8 Å². The number of anilines is 1. The van der Waals surface area contributed by atoms with Crippen molar-refractivity contribution >= 4 is 34.0 Å². The Hall–Kier alpha value is -2.63. The van der Waals surface area contributed by atoms with E-state index in [2.05, 4.69) is 25.8 Å². The number of benzene rings is 1. The van der Waals surface area contributed by atoms with E-state index in [4.69, 9.17) is 15.5 Å². The molecule has 0 atom stereocenters. The maximum atomic E-state index is 12.7. The number of nitrogens with two attached hydrogens (primary N) is 1. The average Bonchev–Trinajstić information content (AvgIpc) is 2.87. The van der Waals surface area contributed by atoms with Crippen LogP contribution < -0.4 is 5.73 Å². The molecule has 0 unspecified atom stereocenters. The number of nitrogens with zero attached hydrogens (tertiary/aromatic N) is 3. The monoisotopic (exact) mass is 354 g/mol. The lowest BCUT2D eigenvalue weighted by Gasteiger charge is -2.10. The van der Waals surface area contributed by atoms with Crippen molar-refractivity contribution in [1.82, 2.24) is 14.5 Å². The summed E-state index contributed by atoms with van der Waals surface area (Å²) in [7, 11) is 0. The zero-order valence-electron chi connectivity index (χ0n) is 15.7. The van der Waals surface area contributed by atoms with E-state index in [0.717, 1.165) is 30.3 Å². The highest BCUT2D eigenvalue weighted by Gasteiger charge is 2.25. The molecule has 138 valence electrons. The topological polar surface area (TPSA) is 83.0 Å². The molecular formula is C20H26N4O2. The second-order valence-corrected chi connectivity index (χ2v) is 6.99. The van der Waals surface area contributed by atoms with Gasteiger partial charge in [0, 0.05) is 6.54 Å². The van der Waals surface area contributed by atoms with E-state index in [9.17, 15) is 4.79 Å². The lowest BCUT2D eigenvalue weighted by atomic mass is 10.2. The summed E-state index contributed by atoms with van der Waals surface area (Å²) in [5, 5.41) is 0. The van der Waals surface area contributed by atoms with Gasteiger partial charge in [-0.1, -0.05) is 45.7 Å². The van der Waals surface area contributed by atoms with E-state index >= 15 is 0 Å². The number of hydrogen-bond donors (Lipinski definition) is 1. The molecule has 3 rings (SSSR count). The largest absolute Gasteiger partial charge is 0.462 e. The number of carbonyl (C=O) groups excluding carboxylic acids is 1. The van der Waals surface area contributed by atoms with Gasteiger partial charge in [0.2, 0.25) is 0 Å². The second-order valence-electron chi connectivity index (χ2n) is 6.99. The predicted molar refractivity (Wildman–Crippen MR) is 104 cm³/mol. The molecule has 2 N–H and O–H groups in total. The van der Waals surface area contributed by atoms with Crippen molar-refractivity contribution in [2.24, 2.45) is 5.92 Å². The third-order valence-electron chi connectivity index (χ3n) is 4.32. The molecule has 3 aromatic rings. The molecule has 0 radical (unpaired) electrons. The molecule has 0 aliphatic carbocycles. The predicted octanol–water partition coefficient (Wildman–Crippen LogP) is 4.17. The van der Waals surface area contributed by atoms with Gasteiger partial charge in [0.1, 0.15) is 16.9 Å². The van der Waals surface area contributed by atoms with E-state index in [1.54, 1.807) is 0 Å². The van der Waals surface area contributed by atoms with E-state index in [1.165, 1.54) is 0 Å². The summed E-state index contributed by atoms with van der Waals surface area (Å²) >= 11 is 0. The highest BCUT2D eigenvalue weighted by molar-refractivity contribution is 6.08. The van der Waals surface area contributed by atoms with Crippen LogP contribution in [0.1, 0.15) is 50.4 Å². The first-order valence-electron chi connectivity index (χ1n) is 9.24. The number of para-hydroxylation sites is 2. The first kappa shape index (κ1) is 18.2. The number of rotatable bonds is 7. The van der Waals surface area contributed by atoms with Crippen LogP contribution in [0.4, 0.5) is 5.82 Å². The first-order chi connectivity index (χ1) is 12.5. The minimum atomic E-state index is -0.421. The number of nitrogen functional groups attached to an aromatic ring is 1. The molecule has 2 aromatic heterocycles. The number of hydrogen-bond acceptors (Lipinski definition) is 5. The van der Waals surface area contributed by atoms with Crippen molar-refractivity contribution in [2.45, 2.75) is 46.6 Å². The van der Waals surface area contributed by atoms with Crippen LogP contribution in [0.2, 0.25) is 0 Å². The number of carbonyl (C=O) groups is 1. The summed E-state index contributed by atoms with van der Waals surface area (Å²) in [6.45, 7) is 7.37. The molecule has 0 saturated carbocycles. The number of ether oxygens (including phenoxy) is 1. The maximum Gasteiger partial charge on any atom is 0.344 e. The summed E-state index contributed by atoms with van der Waals surface area (Å²) in [6, 6.07) is 7.62. The Labute approximate surface area is 153 Å². The van der Waals surface area contributed by atoms with Gasteiger partial charge < -0.3 is 15.0 Å². The third-order valence-corrected chi connectivity index (χ3v) is 4.32. The molecule has 26 heavy (non-hydrogen) atoms. The Bertz CT molecular complexity index is 930. The van der Waals surface area contributed by atoms with E-state index < -0.39 is 5.97 Å². The molecule has 0 fully saturated rings. The van der Waals surface area contributed by atoms with Crippen LogP contribution >= 0.6 is 0 Å². The van der Waals surface area contributed by atoms with Crippen LogP contribution in [0.15, 0.2) is 24.3 Å². The molecule has 0 aliphatic heterocycles. The van der Waals surface area contributed by atoms with Crippen molar-refractivity contribution < 1.29 is 9.53 Å². The van der Waals surface area contributed by atoms with E-state index in [0.29, 0.717) is 41.6 Å². The van der Waals surface area contributed by atoms with Crippen molar-refractivity contribution in [3.63, 3.8) is 0 Å². The Morgan fingerprint density at radius 1 is 1.19 bits per heavy atom. The lowest BCUT2D eigenvalue weighted by molar-refractivity contribution is 0.0501. The molecule has 0 bridgehead atoms. The lowest BCUT2D eigenvalue weighted by Crippen LogP contribution is -2.12. The molecular weight excluding hydrogens is 328 g/mol. The molecule has 0 saturated heterocycles. The van der Waals surface area contributed by atoms with Crippen LogP contribution in [0, 0.1) is 5.92 Å². The number of esters is 1. The van der Waals surface area contributed by atoms with Crippen LogP contribution in [-0.4, -0.2) is 27.1 Å².